The average molecular weight is 229 g/mol. The van der Waals surface area contributed by atoms with Crippen LogP contribution in [0, 0.1) is 0 Å². The van der Waals surface area contributed by atoms with Gasteiger partial charge in [-0.15, -0.1) is 0 Å². The molecule has 17 heavy (non-hydrogen) atoms. The highest BCUT2D eigenvalue weighted by molar-refractivity contribution is 5.58. The van der Waals surface area contributed by atoms with Crippen LogP contribution in [0.5, 0.6) is 0 Å². The van der Waals surface area contributed by atoms with Crippen molar-refractivity contribution in [2.45, 2.75) is 25.3 Å². The van der Waals surface area contributed by atoms with Crippen LogP contribution in [0.15, 0.2) is 30.6 Å². The minimum Gasteiger partial charge on any atom is -0.394 e. The van der Waals surface area contributed by atoms with Gasteiger partial charge in [-0.3, -0.25) is 9.67 Å². The molecule has 3 rings (SSSR count). The molecule has 0 amide bonds. The summed E-state index contributed by atoms with van der Waals surface area (Å²) in [6, 6.07) is 6.05. The summed E-state index contributed by atoms with van der Waals surface area (Å²) in [6.07, 6.45) is 6.06. The Morgan fingerprint density at radius 2 is 2.29 bits per heavy atom. The van der Waals surface area contributed by atoms with Gasteiger partial charge >= 0.3 is 0 Å². The lowest BCUT2D eigenvalue weighted by molar-refractivity contribution is 0.267. The summed E-state index contributed by atoms with van der Waals surface area (Å²) in [5.41, 5.74) is 3.23. The topological polar surface area (TPSA) is 50.9 Å². The summed E-state index contributed by atoms with van der Waals surface area (Å²) in [4.78, 5) is 4.11. The summed E-state index contributed by atoms with van der Waals surface area (Å²) >= 11 is 0. The molecule has 0 bridgehead atoms. The number of hydrogen-bond acceptors (Lipinski definition) is 3. The predicted octanol–water partition coefficient (Wildman–Crippen LogP) is 1.81. The Morgan fingerprint density at radius 3 is 2.94 bits per heavy atom. The van der Waals surface area contributed by atoms with Crippen LogP contribution in [-0.4, -0.2) is 26.5 Å². The molecule has 1 aliphatic carbocycles. The molecule has 2 aromatic rings. The van der Waals surface area contributed by atoms with E-state index in [1.807, 2.05) is 23.0 Å². The van der Waals surface area contributed by atoms with Gasteiger partial charge in [0, 0.05) is 29.6 Å². The first-order chi connectivity index (χ1) is 8.38. The average Bonchev–Trinajstić information content (AvgIpc) is 3.13. The molecule has 1 saturated carbocycles. The Morgan fingerprint density at radius 1 is 1.41 bits per heavy atom. The van der Waals surface area contributed by atoms with Crippen LogP contribution in [-0.2, 0) is 6.54 Å². The molecule has 0 unspecified atom stereocenters. The molecule has 1 N–H and O–H groups in total. The minimum absolute atomic E-state index is 0.133. The third-order valence-corrected chi connectivity index (χ3v) is 3.08. The first-order valence-corrected chi connectivity index (χ1v) is 5.97. The second-order valence-electron chi connectivity index (χ2n) is 4.42. The zero-order valence-electron chi connectivity index (χ0n) is 9.58. The fourth-order valence-electron chi connectivity index (χ4n) is 2.07. The Kier molecular flexibility index (Phi) is 2.65. The van der Waals surface area contributed by atoms with Crippen LogP contribution in [0.3, 0.4) is 0 Å². The van der Waals surface area contributed by atoms with Crippen molar-refractivity contribution in [3.63, 3.8) is 0 Å². The number of aliphatic hydroxyl groups is 1. The van der Waals surface area contributed by atoms with Gasteiger partial charge in [0.05, 0.1) is 18.8 Å². The fraction of sp³-hybridized carbons (Fsp3) is 0.385. The number of aliphatic hydroxyl groups excluding tert-OH is 1. The largest absolute Gasteiger partial charge is 0.394 e. The number of hydrogen-bond donors (Lipinski definition) is 1. The molecule has 0 spiro atoms. The van der Waals surface area contributed by atoms with E-state index in [9.17, 15) is 0 Å². The Balaban J connectivity index is 1.98. The van der Waals surface area contributed by atoms with E-state index in [1.165, 1.54) is 18.5 Å². The van der Waals surface area contributed by atoms with Crippen LogP contribution in [0.25, 0.3) is 11.3 Å². The number of nitrogens with zero attached hydrogens (tertiary/aromatic N) is 3. The summed E-state index contributed by atoms with van der Waals surface area (Å²) in [5, 5.41) is 13.6. The van der Waals surface area contributed by atoms with Crippen molar-refractivity contribution in [1.29, 1.82) is 0 Å². The number of rotatable bonds is 4. The lowest BCUT2D eigenvalue weighted by Gasteiger charge is -2.02. The van der Waals surface area contributed by atoms with Gasteiger partial charge in [0.15, 0.2) is 0 Å². The van der Waals surface area contributed by atoms with E-state index in [4.69, 9.17) is 5.11 Å². The van der Waals surface area contributed by atoms with Crippen LogP contribution < -0.4 is 0 Å². The van der Waals surface area contributed by atoms with Gasteiger partial charge in [-0.1, -0.05) is 0 Å². The first kappa shape index (κ1) is 10.5. The molecule has 0 saturated heterocycles. The van der Waals surface area contributed by atoms with Gasteiger partial charge in [0.1, 0.15) is 0 Å². The van der Waals surface area contributed by atoms with E-state index < -0.39 is 0 Å². The summed E-state index contributed by atoms with van der Waals surface area (Å²) in [7, 11) is 0. The zero-order chi connectivity index (χ0) is 11.7. The van der Waals surface area contributed by atoms with Gasteiger partial charge in [-0.2, -0.15) is 5.10 Å². The summed E-state index contributed by atoms with van der Waals surface area (Å²) in [5.74, 6) is 0.638. The molecular formula is C13H15N3O. The molecule has 88 valence electrons. The van der Waals surface area contributed by atoms with Gasteiger partial charge in [0.2, 0.25) is 0 Å². The van der Waals surface area contributed by atoms with Crippen molar-refractivity contribution in [1.82, 2.24) is 14.8 Å². The highest BCUT2D eigenvalue weighted by atomic mass is 16.3. The van der Waals surface area contributed by atoms with Gasteiger partial charge in [-0.25, -0.2) is 0 Å². The van der Waals surface area contributed by atoms with Crippen molar-refractivity contribution in [3.8, 4) is 11.3 Å². The Hall–Kier alpha value is -1.68. The third kappa shape index (κ3) is 2.08. The van der Waals surface area contributed by atoms with E-state index in [0.29, 0.717) is 12.5 Å². The first-order valence-electron chi connectivity index (χ1n) is 5.97. The van der Waals surface area contributed by atoms with E-state index in [1.54, 1.807) is 6.20 Å². The lowest BCUT2D eigenvalue weighted by Crippen LogP contribution is -2.07. The monoisotopic (exact) mass is 229 g/mol. The maximum Gasteiger partial charge on any atom is 0.0941 e. The normalized spacial score (nSPS) is 15.1. The quantitative estimate of drug-likeness (QED) is 0.870. The number of pyridine rings is 1. The molecule has 0 aromatic carbocycles. The maximum atomic E-state index is 9.05. The molecule has 4 heteroatoms. The van der Waals surface area contributed by atoms with Crippen LogP contribution in [0.2, 0.25) is 0 Å². The van der Waals surface area contributed by atoms with Crippen molar-refractivity contribution < 1.29 is 5.11 Å². The van der Waals surface area contributed by atoms with E-state index in [2.05, 4.69) is 16.1 Å². The second kappa shape index (κ2) is 4.30. The van der Waals surface area contributed by atoms with E-state index in [-0.39, 0.29) is 6.61 Å². The molecule has 0 radical (unpaired) electrons. The molecular weight excluding hydrogens is 214 g/mol. The maximum absolute atomic E-state index is 9.05. The van der Waals surface area contributed by atoms with Crippen LogP contribution >= 0.6 is 0 Å². The summed E-state index contributed by atoms with van der Waals surface area (Å²) in [6.45, 7) is 0.708. The Bertz CT molecular complexity index is 503. The predicted molar refractivity (Wildman–Crippen MR) is 64.5 cm³/mol. The van der Waals surface area contributed by atoms with Crippen molar-refractivity contribution >= 4 is 0 Å². The van der Waals surface area contributed by atoms with Crippen LogP contribution in [0.4, 0.5) is 0 Å². The third-order valence-electron chi connectivity index (χ3n) is 3.08. The molecule has 0 atom stereocenters. The lowest BCUT2D eigenvalue weighted by atomic mass is 10.2. The summed E-state index contributed by atoms with van der Waals surface area (Å²) < 4.78 is 1.93. The van der Waals surface area contributed by atoms with Crippen LogP contribution in [0.1, 0.15) is 24.5 Å². The van der Waals surface area contributed by atoms with Gasteiger partial charge < -0.3 is 5.11 Å². The molecule has 4 nitrogen and oxygen atoms in total. The molecule has 2 aromatic heterocycles. The molecule has 2 heterocycles. The van der Waals surface area contributed by atoms with Crippen molar-refractivity contribution in [3.05, 3.63) is 36.3 Å². The Labute approximate surface area is 99.9 Å². The second-order valence-corrected chi connectivity index (χ2v) is 4.42. The fourth-order valence-corrected chi connectivity index (χ4v) is 2.07. The highest BCUT2D eigenvalue weighted by Gasteiger charge is 2.28. The SMILES string of the molecule is OCCn1nc(-c2cccnc2)cc1C1CC1. The molecule has 0 aliphatic heterocycles. The van der Waals surface area contributed by atoms with Crippen molar-refractivity contribution in [2.75, 3.05) is 6.61 Å². The highest BCUT2D eigenvalue weighted by Crippen LogP contribution is 2.41. The van der Waals surface area contributed by atoms with E-state index in [0.717, 1.165) is 11.3 Å². The van der Waals surface area contributed by atoms with Crippen molar-refractivity contribution in [2.24, 2.45) is 0 Å². The van der Waals surface area contributed by atoms with Gasteiger partial charge in [0.25, 0.3) is 0 Å². The minimum atomic E-state index is 0.133. The molecule has 1 aliphatic rings. The smallest absolute Gasteiger partial charge is 0.0941 e. The standard InChI is InChI=1S/C13H15N3O/c17-7-6-16-13(10-3-4-10)8-12(15-16)11-2-1-5-14-9-11/h1-2,5,8-10,17H,3-4,6-7H2. The molecule has 1 fully saturated rings. The van der Waals surface area contributed by atoms with E-state index >= 15 is 0 Å². The zero-order valence-corrected chi connectivity index (χ0v) is 9.58. The number of aromatic nitrogens is 3. The van der Waals surface area contributed by atoms with Gasteiger partial charge in [-0.05, 0) is 31.0 Å².